The van der Waals surface area contributed by atoms with Crippen LogP contribution in [0.15, 0.2) is 24.3 Å². The zero-order valence-corrected chi connectivity index (χ0v) is 15.6. The van der Waals surface area contributed by atoms with Crippen LogP contribution in [-0.2, 0) is 21.4 Å². The smallest absolute Gasteiger partial charge is 0.229 e. The van der Waals surface area contributed by atoms with Crippen LogP contribution in [0.25, 0.3) is 11.0 Å². The Labute approximate surface area is 157 Å². The number of likely N-dealkylation sites (tertiary alicyclic amines) is 2. The maximum Gasteiger partial charge on any atom is 0.229 e. The van der Waals surface area contributed by atoms with E-state index in [1.807, 2.05) is 30.1 Å². The van der Waals surface area contributed by atoms with E-state index in [2.05, 4.69) is 10.6 Å². The molecule has 0 aliphatic carbocycles. The van der Waals surface area contributed by atoms with Crippen LogP contribution >= 0.6 is 0 Å². The van der Waals surface area contributed by atoms with Crippen molar-refractivity contribution < 1.29 is 14.4 Å². The summed E-state index contributed by atoms with van der Waals surface area (Å²) in [4.78, 5) is 43.9. The summed E-state index contributed by atoms with van der Waals surface area (Å²) in [5, 5.41) is 0. The molecule has 2 aromatic rings. The minimum absolute atomic E-state index is 0.00552. The fourth-order valence-electron chi connectivity index (χ4n) is 4.18. The highest BCUT2D eigenvalue weighted by molar-refractivity contribution is 6.02. The van der Waals surface area contributed by atoms with Crippen LogP contribution in [0.1, 0.15) is 43.8 Å². The Hall–Kier alpha value is -2.70. The van der Waals surface area contributed by atoms with E-state index in [1.165, 1.54) is 4.90 Å². The molecule has 3 heterocycles. The average molecular weight is 368 g/mol. The molecule has 7 heteroatoms. The van der Waals surface area contributed by atoms with E-state index in [0.717, 1.165) is 36.2 Å². The molecular weight excluding hydrogens is 344 g/mol. The first-order chi connectivity index (χ1) is 13.0. The van der Waals surface area contributed by atoms with Gasteiger partial charge in [-0.1, -0.05) is 12.1 Å². The number of carbonyl (C=O) groups is 3. The predicted octanol–water partition coefficient (Wildman–Crippen LogP) is 1.82. The lowest BCUT2D eigenvalue weighted by Gasteiger charge is -2.33. The van der Waals surface area contributed by atoms with Crippen molar-refractivity contribution in [3.05, 3.63) is 30.1 Å². The van der Waals surface area contributed by atoms with Crippen molar-refractivity contribution in [3.63, 3.8) is 0 Å². The third kappa shape index (κ3) is 3.34. The number of imidazole rings is 1. The summed E-state index contributed by atoms with van der Waals surface area (Å²) < 4.78 is 2.12. The van der Waals surface area contributed by atoms with E-state index in [-0.39, 0.29) is 49.4 Å². The normalized spacial score (nSPS) is 20.7. The van der Waals surface area contributed by atoms with Gasteiger partial charge >= 0.3 is 0 Å². The molecule has 4 rings (SSSR count). The van der Waals surface area contributed by atoms with Gasteiger partial charge in [0.05, 0.1) is 11.0 Å². The SMILES string of the molecule is Cn1c(C2CCCN(C(=O)CCN3C(=O)CCC3=O)C2)nc2ccccc21. The first-order valence-corrected chi connectivity index (χ1v) is 9.57. The van der Waals surface area contributed by atoms with Gasteiger partial charge in [0.1, 0.15) is 5.82 Å². The van der Waals surface area contributed by atoms with E-state index in [1.54, 1.807) is 0 Å². The zero-order valence-electron chi connectivity index (χ0n) is 15.6. The molecule has 0 N–H and O–H groups in total. The number of nitrogens with zero attached hydrogens (tertiary/aromatic N) is 4. The number of piperidine rings is 1. The molecule has 2 fully saturated rings. The van der Waals surface area contributed by atoms with Gasteiger partial charge in [0.15, 0.2) is 0 Å². The Balaban J connectivity index is 1.43. The van der Waals surface area contributed by atoms with Gasteiger partial charge in [0.2, 0.25) is 17.7 Å². The molecule has 0 radical (unpaired) electrons. The van der Waals surface area contributed by atoms with Crippen molar-refractivity contribution >= 4 is 28.8 Å². The van der Waals surface area contributed by atoms with Gasteiger partial charge in [-0.3, -0.25) is 19.3 Å². The summed E-state index contributed by atoms with van der Waals surface area (Å²) in [6.45, 7) is 1.56. The molecule has 0 saturated carbocycles. The highest BCUT2D eigenvalue weighted by Crippen LogP contribution is 2.29. The molecule has 1 unspecified atom stereocenters. The third-order valence-corrected chi connectivity index (χ3v) is 5.67. The Morgan fingerprint density at radius 3 is 2.67 bits per heavy atom. The molecule has 3 amide bonds. The molecule has 1 aromatic carbocycles. The molecule has 0 spiro atoms. The third-order valence-electron chi connectivity index (χ3n) is 5.67. The lowest BCUT2D eigenvalue weighted by Crippen LogP contribution is -2.41. The molecule has 2 saturated heterocycles. The van der Waals surface area contributed by atoms with Crippen molar-refractivity contribution in [1.82, 2.24) is 19.4 Å². The van der Waals surface area contributed by atoms with Crippen molar-refractivity contribution in [3.8, 4) is 0 Å². The number of aryl methyl sites for hydroxylation is 1. The summed E-state index contributed by atoms with van der Waals surface area (Å²) in [7, 11) is 2.02. The van der Waals surface area contributed by atoms with E-state index >= 15 is 0 Å². The fraction of sp³-hybridized carbons (Fsp3) is 0.500. The van der Waals surface area contributed by atoms with Crippen LogP contribution in [0.2, 0.25) is 0 Å². The Morgan fingerprint density at radius 2 is 1.93 bits per heavy atom. The molecule has 1 aromatic heterocycles. The van der Waals surface area contributed by atoms with E-state index in [4.69, 9.17) is 4.98 Å². The van der Waals surface area contributed by atoms with Gasteiger partial charge in [-0.05, 0) is 25.0 Å². The summed E-state index contributed by atoms with van der Waals surface area (Å²) >= 11 is 0. The van der Waals surface area contributed by atoms with Crippen molar-refractivity contribution in [2.75, 3.05) is 19.6 Å². The number of fused-ring (bicyclic) bond motifs is 1. The Bertz CT molecular complexity index is 888. The maximum atomic E-state index is 12.7. The molecule has 1 atom stereocenters. The van der Waals surface area contributed by atoms with E-state index < -0.39 is 0 Å². The Morgan fingerprint density at radius 1 is 1.19 bits per heavy atom. The van der Waals surface area contributed by atoms with Crippen LogP contribution < -0.4 is 0 Å². The fourth-order valence-corrected chi connectivity index (χ4v) is 4.18. The van der Waals surface area contributed by atoms with E-state index in [0.29, 0.717) is 6.54 Å². The second kappa shape index (κ2) is 7.13. The van der Waals surface area contributed by atoms with Gasteiger partial charge in [-0.2, -0.15) is 0 Å². The average Bonchev–Trinajstić information content (AvgIpc) is 3.19. The predicted molar refractivity (Wildman–Crippen MR) is 99.8 cm³/mol. The quantitative estimate of drug-likeness (QED) is 0.772. The number of imide groups is 1. The second-order valence-corrected chi connectivity index (χ2v) is 7.39. The number of amides is 3. The van der Waals surface area contributed by atoms with Gasteiger partial charge in [-0.25, -0.2) is 4.98 Å². The van der Waals surface area contributed by atoms with Gasteiger partial charge in [-0.15, -0.1) is 0 Å². The second-order valence-electron chi connectivity index (χ2n) is 7.39. The van der Waals surface area contributed by atoms with Crippen LogP contribution in [0.4, 0.5) is 0 Å². The number of rotatable bonds is 4. The standard InChI is InChI=1S/C20H24N4O3/c1-22-16-7-3-2-6-15(16)21-20(22)14-5-4-11-23(13-14)17(25)10-12-24-18(26)8-9-19(24)27/h2-3,6-7,14H,4-5,8-13H2,1H3. The van der Waals surface area contributed by atoms with Crippen LogP contribution in [0.5, 0.6) is 0 Å². The monoisotopic (exact) mass is 368 g/mol. The lowest BCUT2D eigenvalue weighted by molar-refractivity contribution is -0.139. The molecule has 2 aliphatic heterocycles. The molecule has 2 aliphatic rings. The molecule has 0 bridgehead atoms. The minimum Gasteiger partial charge on any atom is -0.342 e. The van der Waals surface area contributed by atoms with E-state index in [9.17, 15) is 14.4 Å². The van der Waals surface area contributed by atoms with Crippen molar-refractivity contribution in [1.29, 1.82) is 0 Å². The van der Waals surface area contributed by atoms with Crippen LogP contribution in [0.3, 0.4) is 0 Å². The Kier molecular flexibility index (Phi) is 4.68. The topological polar surface area (TPSA) is 75.5 Å². The van der Waals surface area contributed by atoms with Crippen LogP contribution in [-0.4, -0.2) is 56.7 Å². The lowest BCUT2D eigenvalue weighted by atomic mass is 9.97. The highest BCUT2D eigenvalue weighted by Gasteiger charge is 2.31. The number of benzene rings is 1. The number of para-hydroxylation sites is 2. The first-order valence-electron chi connectivity index (χ1n) is 9.57. The van der Waals surface area contributed by atoms with Crippen molar-refractivity contribution in [2.45, 2.75) is 38.0 Å². The van der Waals surface area contributed by atoms with Gasteiger partial charge < -0.3 is 9.47 Å². The van der Waals surface area contributed by atoms with Crippen LogP contribution in [0, 0.1) is 0 Å². The molecular formula is C20H24N4O3. The molecule has 142 valence electrons. The number of aromatic nitrogens is 2. The first kappa shape index (κ1) is 17.7. The summed E-state index contributed by atoms with van der Waals surface area (Å²) in [6.07, 6.45) is 2.68. The number of hydrogen-bond acceptors (Lipinski definition) is 4. The largest absolute Gasteiger partial charge is 0.342 e. The highest BCUT2D eigenvalue weighted by atomic mass is 16.2. The summed E-state index contributed by atoms with van der Waals surface area (Å²) in [5.41, 5.74) is 2.08. The number of hydrogen-bond donors (Lipinski definition) is 0. The van der Waals surface area contributed by atoms with Gasteiger partial charge in [0, 0.05) is 51.9 Å². The van der Waals surface area contributed by atoms with Gasteiger partial charge in [0.25, 0.3) is 0 Å². The minimum atomic E-state index is -0.163. The zero-order chi connectivity index (χ0) is 19.0. The summed E-state index contributed by atoms with van der Waals surface area (Å²) in [6, 6.07) is 8.05. The number of carbonyl (C=O) groups excluding carboxylic acids is 3. The van der Waals surface area contributed by atoms with Crippen molar-refractivity contribution in [2.24, 2.45) is 7.05 Å². The summed E-state index contributed by atoms with van der Waals surface area (Å²) in [5.74, 6) is 0.896. The maximum absolute atomic E-state index is 12.7. The molecule has 27 heavy (non-hydrogen) atoms. The molecule has 7 nitrogen and oxygen atoms in total.